The van der Waals surface area contributed by atoms with Gasteiger partial charge in [-0.1, -0.05) is 18.2 Å². The molecular weight excluding hydrogens is 592 g/mol. The smallest absolute Gasteiger partial charge is 0.258 e. The quantitative estimate of drug-likeness (QED) is 0.283. The van der Waals surface area contributed by atoms with E-state index in [-0.39, 0.29) is 35.6 Å². The fourth-order valence-corrected chi connectivity index (χ4v) is 7.12. The first-order chi connectivity index (χ1) is 21.6. The third-order valence-electron chi connectivity index (χ3n) is 9.46. The molecule has 0 saturated heterocycles. The lowest BCUT2D eigenvalue weighted by Gasteiger charge is -2.50. The number of ketones is 2. The van der Waals surface area contributed by atoms with Crippen LogP contribution >= 0.6 is 0 Å². The first kappa shape index (κ1) is 32.9. The maximum atomic E-state index is 14.1. The zero-order valence-electron chi connectivity index (χ0n) is 26.8. The standard InChI is InChI=1S/C34H40N4O8/c1-35-32(44)26-29(41)27(37(4)5)22-16-19-15-21-20(17-8-7-9-18(14-17)33(45)38(6)13-12-36(2)3)10-11-23(39)25(21)28(40)24(19)30(42)34(22,46)31(26)43/h7-11,14,19,22,27,39,41-42,46H,12-13,15-16H2,1-6H3,(H,35,44)/t19?,22-,27-,34-/m0/s1. The fourth-order valence-electron chi connectivity index (χ4n) is 7.12. The molecule has 0 heterocycles. The van der Waals surface area contributed by atoms with E-state index in [2.05, 4.69) is 5.32 Å². The Balaban J connectivity index is 1.61. The van der Waals surface area contributed by atoms with E-state index in [1.807, 2.05) is 19.0 Å². The molecule has 46 heavy (non-hydrogen) atoms. The van der Waals surface area contributed by atoms with Crippen molar-refractivity contribution in [2.45, 2.75) is 24.5 Å². The second-order valence-electron chi connectivity index (χ2n) is 12.8. The molecule has 2 aromatic rings. The molecule has 0 bridgehead atoms. The summed E-state index contributed by atoms with van der Waals surface area (Å²) in [6, 6.07) is 9.00. The minimum atomic E-state index is -2.66. The Morgan fingerprint density at radius 2 is 1.70 bits per heavy atom. The lowest BCUT2D eigenvalue weighted by molar-refractivity contribution is -0.148. The molecular formula is C34H40N4O8. The van der Waals surface area contributed by atoms with Crippen molar-refractivity contribution in [2.24, 2.45) is 11.8 Å². The molecule has 12 heteroatoms. The highest BCUT2D eigenvalue weighted by atomic mass is 16.3. The Hall–Kier alpha value is -4.52. The number of aromatic hydroxyl groups is 1. The molecule has 3 aliphatic carbocycles. The summed E-state index contributed by atoms with van der Waals surface area (Å²) in [5.41, 5.74) is -1.44. The average molecular weight is 633 g/mol. The monoisotopic (exact) mass is 632 g/mol. The molecule has 1 unspecified atom stereocenters. The number of hydrogen-bond acceptors (Lipinski definition) is 10. The summed E-state index contributed by atoms with van der Waals surface area (Å²) in [5, 5.41) is 47.9. The van der Waals surface area contributed by atoms with Crippen molar-refractivity contribution in [3.63, 3.8) is 0 Å². The molecule has 3 aliphatic rings. The molecule has 2 aromatic carbocycles. The van der Waals surface area contributed by atoms with Gasteiger partial charge in [0, 0.05) is 44.2 Å². The van der Waals surface area contributed by atoms with Gasteiger partial charge in [0.2, 0.25) is 5.78 Å². The zero-order valence-corrected chi connectivity index (χ0v) is 26.8. The van der Waals surface area contributed by atoms with Crippen LogP contribution in [0.5, 0.6) is 5.75 Å². The molecule has 0 spiro atoms. The van der Waals surface area contributed by atoms with Crippen LogP contribution in [0, 0.1) is 11.8 Å². The maximum absolute atomic E-state index is 14.1. The van der Waals surface area contributed by atoms with Gasteiger partial charge in [-0.15, -0.1) is 0 Å². The number of hydrogen-bond donors (Lipinski definition) is 5. The number of Topliss-reactive ketones (excluding diaryl/α,β-unsaturated/α-hetero) is 2. The van der Waals surface area contributed by atoms with Crippen molar-refractivity contribution >= 4 is 23.4 Å². The Bertz CT molecular complexity index is 1710. The van der Waals surface area contributed by atoms with Gasteiger partial charge in [-0.05, 0) is 81.8 Å². The average Bonchev–Trinajstić information content (AvgIpc) is 3.01. The number of nitrogens with one attached hydrogen (secondary N) is 1. The van der Waals surface area contributed by atoms with Crippen molar-refractivity contribution in [1.82, 2.24) is 20.0 Å². The molecule has 2 amide bonds. The van der Waals surface area contributed by atoms with Gasteiger partial charge in [0.1, 0.15) is 22.8 Å². The highest BCUT2D eigenvalue weighted by Gasteiger charge is 2.63. The van der Waals surface area contributed by atoms with E-state index in [0.717, 1.165) is 0 Å². The number of carbonyl (C=O) groups is 4. The van der Waals surface area contributed by atoms with Gasteiger partial charge in [0.15, 0.2) is 11.4 Å². The largest absolute Gasteiger partial charge is 0.510 e. The number of fused-ring (bicyclic) bond motifs is 3. The number of allylic oxidation sites excluding steroid dienone is 1. The number of benzene rings is 2. The Labute approximate surface area is 267 Å². The number of likely N-dealkylation sites (N-methyl/N-ethyl adjacent to an activating group) is 4. The fraction of sp³-hybridized carbons (Fsp3) is 0.412. The third-order valence-corrected chi connectivity index (χ3v) is 9.46. The van der Waals surface area contributed by atoms with Gasteiger partial charge in [0.05, 0.1) is 11.6 Å². The maximum Gasteiger partial charge on any atom is 0.258 e. The number of aliphatic hydroxyl groups excluding tert-OH is 2. The van der Waals surface area contributed by atoms with Crippen LogP contribution in [-0.2, 0) is 16.0 Å². The molecule has 0 aromatic heterocycles. The number of phenolic OH excluding ortho intramolecular Hbond substituents is 1. The second-order valence-corrected chi connectivity index (χ2v) is 12.8. The summed E-state index contributed by atoms with van der Waals surface area (Å²) in [6.07, 6.45) is 0.157. The number of amides is 2. The summed E-state index contributed by atoms with van der Waals surface area (Å²) < 4.78 is 0. The molecule has 244 valence electrons. The van der Waals surface area contributed by atoms with Gasteiger partial charge in [-0.25, -0.2) is 0 Å². The molecule has 5 rings (SSSR count). The van der Waals surface area contributed by atoms with Crippen molar-refractivity contribution < 1.29 is 39.6 Å². The van der Waals surface area contributed by atoms with Crippen LogP contribution in [0.25, 0.3) is 11.1 Å². The lowest BCUT2D eigenvalue weighted by Crippen LogP contribution is -2.63. The van der Waals surface area contributed by atoms with E-state index in [4.69, 9.17) is 0 Å². The van der Waals surface area contributed by atoms with Crippen molar-refractivity contribution in [2.75, 3.05) is 55.4 Å². The summed E-state index contributed by atoms with van der Waals surface area (Å²) in [6.45, 7) is 1.22. The number of phenols is 1. The van der Waals surface area contributed by atoms with E-state index in [9.17, 15) is 39.6 Å². The second kappa shape index (κ2) is 12.0. The van der Waals surface area contributed by atoms with Crippen molar-refractivity contribution in [1.29, 1.82) is 0 Å². The Kier molecular flexibility index (Phi) is 8.58. The van der Waals surface area contributed by atoms with Crippen LogP contribution in [-0.4, -0.2) is 126 Å². The molecule has 0 radical (unpaired) electrons. The summed E-state index contributed by atoms with van der Waals surface area (Å²) in [4.78, 5) is 58.8. The SMILES string of the molecule is CNC(=O)C1=C(O)[C@@H](N(C)C)[C@@H]2CC3Cc4c(-c5cccc(C(=O)N(C)CCN(C)C)c5)ccc(O)c4C(=O)C3=C(O)[C@]2(O)C1=O. The van der Waals surface area contributed by atoms with Crippen molar-refractivity contribution in [3.8, 4) is 16.9 Å². The highest BCUT2D eigenvalue weighted by molar-refractivity contribution is 6.25. The van der Waals surface area contributed by atoms with Crippen LogP contribution in [0.2, 0.25) is 0 Å². The van der Waals surface area contributed by atoms with Crippen LogP contribution in [0.15, 0.2) is 59.1 Å². The minimum Gasteiger partial charge on any atom is -0.510 e. The molecule has 0 saturated carbocycles. The lowest BCUT2D eigenvalue weighted by atomic mass is 9.58. The molecule has 5 N–H and O–H groups in total. The van der Waals surface area contributed by atoms with Gasteiger partial charge in [0.25, 0.3) is 11.8 Å². The van der Waals surface area contributed by atoms with E-state index < -0.39 is 58.0 Å². The van der Waals surface area contributed by atoms with Crippen molar-refractivity contribution in [3.05, 3.63) is 75.8 Å². The number of aliphatic hydroxyl groups is 3. The highest BCUT2D eigenvalue weighted by Crippen LogP contribution is 2.53. The third kappa shape index (κ3) is 5.06. The van der Waals surface area contributed by atoms with E-state index in [0.29, 0.717) is 35.3 Å². The minimum absolute atomic E-state index is 0.00500. The van der Waals surface area contributed by atoms with E-state index in [1.165, 1.54) is 13.1 Å². The Morgan fingerprint density at radius 3 is 2.33 bits per heavy atom. The van der Waals surface area contributed by atoms with Crippen LogP contribution < -0.4 is 5.32 Å². The van der Waals surface area contributed by atoms with Gasteiger partial charge >= 0.3 is 0 Å². The molecule has 4 atom stereocenters. The molecule has 0 fully saturated rings. The predicted molar refractivity (Wildman–Crippen MR) is 169 cm³/mol. The molecule has 12 nitrogen and oxygen atoms in total. The first-order valence-electron chi connectivity index (χ1n) is 15.1. The van der Waals surface area contributed by atoms with Gasteiger partial charge in [-0.2, -0.15) is 0 Å². The summed E-state index contributed by atoms with van der Waals surface area (Å²) in [7, 11) is 10.1. The predicted octanol–water partition coefficient (Wildman–Crippen LogP) is 1.68. The van der Waals surface area contributed by atoms with E-state index >= 15 is 0 Å². The van der Waals surface area contributed by atoms with E-state index in [1.54, 1.807) is 61.3 Å². The molecule has 0 aliphatic heterocycles. The van der Waals surface area contributed by atoms with Gasteiger partial charge < -0.3 is 35.5 Å². The number of rotatable bonds is 7. The summed E-state index contributed by atoms with van der Waals surface area (Å²) >= 11 is 0. The number of nitrogens with zero attached hydrogens (tertiary/aromatic N) is 3. The Morgan fingerprint density at radius 1 is 1.00 bits per heavy atom. The topological polar surface area (TPSA) is 171 Å². The zero-order chi connectivity index (χ0) is 33.8. The summed E-state index contributed by atoms with van der Waals surface area (Å²) in [5.74, 6) is -6.61. The van der Waals surface area contributed by atoms with Crippen LogP contribution in [0.3, 0.4) is 0 Å². The first-order valence-corrected chi connectivity index (χ1v) is 15.1. The van der Waals surface area contributed by atoms with Gasteiger partial charge in [-0.3, -0.25) is 24.1 Å². The normalized spacial score (nSPS) is 24.2. The van der Waals surface area contributed by atoms with Crippen LogP contribution in [0.4, 0.5) is 0 Å². The number of carbonyl (C=O) groups excluding carboxylic acids is 4. The van der Waals surface area contributed by atoms with Crippen LogP contribution in [0.1, 0.15) is 32.7 Å².